The predicted molar refractivity (Wildman–Crippen MR) is 152 cm³/mol. The Morgan fingerprint density at radius 2 is 1.98 bits per heavy atom. The van der Waals surface area contributed by atoms with Gasteiger partial charge in [-0.05, 0) is 80.3 Å². The van der Waals surface area contributed by atoms with Gasteiger partial charge < -0.3 is 14.4 Å². The fraction of sp³-hybridized carbons (Fsp3) is 0.406. The number of aromatic nitrogens is 3. The minimum Gasteiger partial charge on any atom is -0.487 e. The van der Waals surface area contributed by atoms with E-state index < -0.39 is 12.1 Å². The van der Waals surface area contributed by atoms with Gasteiger partial charge in [0.2, 0.25) is 0 Å². The largest absolute Gasteiger partial charge is 0.487 e. The quantitative estimate of drug-likeness (QED) is 0.296. The van der Waals surface area contributed by atoms with Crippen molar-refractivity contribution in [2.24, 2.45) is 0 Å². The van der Waals surface area contributed by atoms with E-state index in [0.717, 1.165) is 77.1 Å². The number of hydrogen-bond donors (Lipinski definition) is 1. The first-order valence-electron chi connectivity index (χ1n) is 14.2. The lowest BCUT2D eigenvalue weighted by Crippen LogP contribution is -2.35. The Hall–Kier alpha value is -3.78. The zero-order chi connectivity index (χ0) is 27.8. The van der Waals surface area contributed by atoms with E-state index in [-0.39, 0.29) is 11.5 Å². The first-order chi connectivity index (χ1) is 19.4. The average molecular weight is 543 g/mol. The summed E-state index contributed by atoms with van der Waals surface area (Å²) >= 11 is 0. The Morgan fingerprint density at radius 1 is 1.12 bits per heavy atom. The van der Waals surface area contributed by atoms with Crippen LogP contribution in [-0.2, 0) is 19.7 Å². The fourth-order valence-corrected chi connectivity index (χ4v) is 6.37. The highest BCUT2D eigenvalue weighted by Crippen LogP contribution is 2.47. The lowest BCUT2D eigenvalue weighted by Gasteiger charge is -2.32. The Bertz CT molecular complexity index is 1530. The SMILES string of the molecule is CC(C)N1CCn2c(c([C@H]3CCCC[C@@H]3F)c3ccc(C(=O)O)cc32)-c2ccc(OCc3cccnn3)cc2C1. The number of alkyl halides is 1. The van der Waals surface area contributed by atoms with Gasteiger partial charge in [0.05, 0.1) is 11.3 Å². The highest BCUT2D eigenvalue weighted by molar-refractivity contribution is 5.98. The molecule has 2 atom stereocenters. The number of rotatable bonds is 6. The van der Waals surface area contributed by atoms with E-state index in [2.05, 4.69) is 45.6 Å². The second-order valence-corrected chi connectivity index (χ2v) is 11.2. The molecular formula is C32H35FN4O3. The summed E-state index contributed by atoms with van der Waals surface area (Å²) in [6.45, 7) is 6.91. The van der Waals surface area contributed by atoms with Gasteiger partial charge in [0, 0.05) is 54.3 Å². The number of benzene rings is 2. The summed E-state index contributed by atoms with van der Waals surface area (Å²) in [5, 5.41) is 18.8. The lowest BCUT2D eigenvalue weighted by atomic mass is 9.80. The molecule has 0 amide bonds. The first kappa shape index (κ1) is 26.4. The summed E-state index contributed by atoms with van der Waals surface area (Å²) < 4.78 is 24.0. The van der Waals surface area contributed by atoms with E-state index in [1.165, 1.54) is 0 Å². The molecule has 0 saturated heterocycles. The van der Waals surface area contributed by atoms with Crippen molar-refractivity contribution in [3.8, 4) is 17.0 Å². The van der Waals surface area contributed by atoms with E-state index in [0.29, 0.717) is 25.6 Å². The number of ether oxygens (including phenoxy) is 1. The summed E-state index contributed by atoms with van der Waals surface area (Å²) in [5.41, 5.74) is 6.06. The van der Waals surface area contributed by atoms with Crippen molar-refractivity contribution >= 4 is 16.9 Å². The van der Waals surface area contributed by atoms with Gasteiger partial charge in [-0.15, -0.1) is 0 Å². The standard InChI is InChI=1S/C32H35FN4O3/c1-20(2)36-14-15-37-29-17-21(32(38)39)9-11-27(29)30(26-7-3-4-8-28(26)33)31(37)25-12-10-24(16-22(25)18-36)40-19-23-6-5-13-34-35-23/h5-6,9-13,16-17,20,26,28H,3-4,7-8,14-15,18-19H2,1-2H3,(H,38,39)/t26-,28-/m0/s1. The van der Waals surface area contributed by atoms with Gasteiger partial charge in [-0.1, -0.05) is 18.9 Å². The van der Waals surface area contributed by atoms with Crippen molar-refractivity contribution in [3.05, 3.63) is 77.1 Å². The second-order valence-electron chi connectivity index (χ2n) is 11.2. The molecule has 7 nitrogen and oxygen atoms in total. The van der Waals surface area contributed by atoms with Gasteiger partial charge >= 0.3 is 5.97 Å². The maximum Gasteiger partial charge on any atom is 0.335 e. The minimum atomic E-state index is -0.958. The summed E-state index contributed by atoms with van der Waals surface area (Å²) in [6, 6.07) is 15.5. The van der Waals surface area contributed by atoms with E-state index in [9.17, 15) is 9.90 Å². The Labute approximate surface area is 233 Å². The van der Waals surface area contributed by atoms with Gasteiger partial charge in [-0.25, -0.2) is 9.18 Å². The van der Waals surface area contributed by atoms with Crippen molar-refractivity contribution in [2.45, 2.75) is 77.4 Å². The molecule has 0 spiro atoms. The van der Waals surface area contributed by atoms with E-state index in [1.54, 1.807) is 18.3 Å². The molecule has 2 aromatic carbocycles. The second kappa shape index (κ2) is 11.0. The Balaban J connectivity index is 1.53. The number of carbonyl (C=O) groups is 1. The Kier molecular flexibility index (Phi) is 7.27. The molecule has 1 N–H and O–H groups in total. The molecule has 0 bridgehead atoms. The summed E-state index contributed by atoms with van der Waals surface area (Å²) in [5.74, 6) is -0.434. The van der Waals surface area contributed by atoms with Gasteiger partial charge in [0.25, 0.3) is 0 Å². The van der Waals surface area contributed by atoms with Gasteiger partial charge in [0.15, 0.2) is 0 Å². The van der Waals surface area contributed by atoms with Crippen molar-refractivity contribution < 1.29 is 19.0 Å². The first-order valence-corrected chi connectivity index (χ1v) is 14.2. The van der Waals surface area contributed by atoms with Crippen LogP contribution in [0.2, 0.25) is 0 Å². The fourth-order valence-electron chi connectivity index (χ4n) is 6.37. The third-order valence-corrected chi connectivity index (χ3v) is 8.46. The zero-order valence-corrected chi connectivity index (χ0v) is 23.0. The number of nitrogens with zero attached hydrogens (tertiary/aromatic N) is 4. The lowest BCUT2D eigenvalue weighted by molar-refractivity contribution is 0.0697. The normalized spacial score (nSPS) is 19.6. The average Bonchev–Trinajstić information content (AvgIpc) is 3.26. The number of aromatic carboxylic acids is 1. The molecule has 208 valence electrons. The third kappa shape index (κ3) is 4.96. The zero-order valence-electron chi connectivity index (χ0n) is 23.0. The molecule has 6 rings (SSSR count). The van der Waals surface area contributed by atoms with Crippen LogP contribution in [-0.4, -0.2) is 49.5 Å². The summed E-state index contributed by atoms with van der Waals surface area (Å²) in [6.07, 6.45) is 3.97. The molecule has 0 unspecified atom stereocenters. The van der Waals surface area contributed by atoms with E-state index in [1.807, 2.05) is 24.3 Å². The van der Waals surface area contributed by atoms with Crippen LogP contribution in [0.3, 0.4) is 0 Å². The molecule has 1 fully saturated rings. The van der Waals surface area contributed by atoms with Crippen molar-refractivity contribution in [2.75, 3.05) is 6.54 Å². The van der Waals surface area contributed by atoms with Crippen LogP contribution in [0.25, 0.3) is 22.2 Å². The molecule has 4 aromatic rings. The molecule has 40 heavy (non-hydrogen) atoms. The maximum absolute atomic E-state index is 15.6. The van der Waals surface area contributed by atoms with Crippen molar-refractivity contribution in [3.63, 3.8) is 0 Å². The minimum absolute atomic E-state index is 0.218. The van der Waals surface area contributed by atoms with E-state index in [4.69, 9.17) is 4.74 Å². The van der Waals surface area contributed by atoms with Crippen LogP contribution in [0, 0.1) is 0 Å². The molecule has 3 heterocycles. The number of carboxylic acid groups (broad SMARTS) is 1. The molecule has 2 aromatic heterocycles. The molecule has 2 aliphatic rings. The summed E-state index contributed by atoms with van der Waals surface area (Å²) in [7, 11) is 0. The number of carboxylic acids is 1. The van der Waals surface area contributed by atoms with E-state index >= 15 is 4.39 Å². The van der Waals surface area contributed by atoms with Crippen LogP contribution in [0.15, 0.2) is 54.7 Å². The molecule has 1 aliphatic carbocycles. The predicted octanol–water partition coefficient (Wildman–Crippen LogP) is 6.60. The molecule has 0 radical (unpaired) electrons. The topological polar surface area (TPSA) is 80.5 Å². The van der Waals surface area contributed by atoms with Crippen molar-refractivity contribution in [1.29, 1.82) is 0 Å². The van der Waals surface area contributed by atoms with Crippen LogP contribution in [0.4, 0.5) is 4.39 Å². The van der Waals surface area contributed by atoms with Crippen LogP contribution in [0.1, 0.15) is 72.6 Å². The number of halogens is 1. The van der Waals surface area contributed by atoms with Gasteiger partial charge in [-0.2, -0.15) is 10.2 Å². The van der Waals surface area contributed by atoms with Gasteiger partial charge in [0.1, 0.15) is 24.2 Å². The van der Waals surface area contributed by atoms with Crippen LogP contribution in [0.5, 0.6) is 5.75 Å². The maximum atomic E-state index is 15.6. The van der Waals surface area contributed by atoms with Crippen LogP contribution >= 0.6 is 0 Å². The smallest absolute Gasteiger partial charge is 0.335 e. The number of hydrogen-bond acceptors (Lipinski definition) is 5. The monoisotopic (exact) mass is 542 g/mol. The third-order valence-electron chi connectivity index (χ3n) is 8.46. The van der Waals surface area contributed by atoms with Crippen LogP contribution < -0.4 is 4.74 Å². The van der Waals surface area contributed by atoms with Crippen molar-refractivity contribution in [1.82, 2.24) is 19.7 Å². The van der Waals surface area contributed by atoms with Gasteiger partial charge in [-0.3, -0.25) is 4.90 Å². The Morgan fingerprint density at radius 3 is 2.73 bits per heavy atom. The molecule has 1 saturated carbocycles. The highest BCUT2D eigenvalue weighted by atomic mass is 19.1. The highest BCUT2D eigenvalue weighted by Gasteiger charge is 2.34. The number of fused-ring (bicyclic) bond motifs is 5. The molecule has 8 heteroatoms. The summed E-state index contributed by atoms with van der Waals surface area (Å²) in [4.78, 5) is 14.4. The molecular weight excluding hydrogens is 507 g/mol. The molecule has 1 aliphatic heterocycles.